The zero-order chi connectivity index (χ0) is 16.6. The number of hydrogen-bond donors (Lipinski definition) is 1. The predicted octanol–water partition coefficient (Wildman–Crippen LogP) is 2.78. The molecule has 0 saturated carbocycles. The van der Waals surface area contributed by atoms with Crippen molar-refractivity contribution in [3.8, 4) is 0 Å². The van der Waals surface area contributed by atoms with Crippen LogP contribution in [0.25, 0.3) is 11.0 Å². The van der Waals surface area contributed by atoms with Crippen LogP contribution in [-0.2, 0) is 11.3 Å². The number of H-pyrrole nitrogens is 1. The SMILES string of the molecule is COC(=O)c1c[nH]c2c(c(C)c(C)n2Cc2ccccc2)c1=O. The Bertz CT molecular complexity index is 936. The number of pyridine rings is 1. The summed E-state index contributed by atoms with van der Waals surface area (Å²) in [5.41, 5.74) is 3.48. The summed E-state index contributed by atoms with van der Waals surface area (Å²) in [5, 5.41) is 0.543. The number of nitrogens with one attached hydrogen (secondary N) is 1. The van der Waals surface area contributed by atoms with E-state index in [1.165, 1.54) is 13.3 Å². The number of carbonyl (C=O) groups excluding carboxylic acids is 1. The Balaban J connectivity index is 2.21. The number of nitrogens with zero attached hydrogens (tertiary/aromatic N) is 1. The largest absolute Gasteiger partial charge is 0.465 e. The van der Waals surface area contributed by atoms with Gasteiger partial charge in [-0.1, -0.05) is 30.3 Å². The Hall–Kier alpha value is -2.82. The van der Waals surface area contributed by atoms with Gasteiger partial charge in [-0.2, -0.15) is 0 Å². The molecule has 1 N–H and O–H groups in total. The van der Waals surface area contributed by atoms with E-state index < -0.39 is 5.97 Å². The number of benzene rings is 1. The molecule has 0 atom stereocenters. The van der Waals surface area contributed by atoms with Crippen LogP contribution in [0.1, 0.15) is 27.2 Å². The van der Waals surface area contributed by atoms with Crippen LogP contribution in [0, 0.1) is 13.8 Å². The van der Waals surface area contributed by atoms with Gasteiger partial charge in [-0.25, -0.2) is 4.79 Å². The molecule has 0 saturated heterocycles. The van der Waals surface area contributed by atoms with Crippen molar-refractivity contribution in [1.82, 2.24) is 9.55 Å². The van der Waals surface area contributed by atoms with Gasteiger partial charge in [-0.15, -0.1) is 0 Å². The molecule has 0 aliphatic heterocycles. The first-order chi connectivity index (χ1) is 11.0. The van der Waals surface area contributed by atoms with Crippen molar-refractivity contribution in [2.75, 3.05) is 7.11 Å². The van der Waals surface area contributed by atoms with E-state index in [1.807, 2.05) is 44.2 Å². The second-order valence-electron chi connectivity index (χ2n) is 5.53. The molecule has 0 aliphatic carbocycles. The van der Waals surface area contributed by atoms with Crippen LogP contribution >= 0.6 is 0 Å². The number of aromatic nitrogens is 2. The zero-order valence-electron chi connectivity index (χ0n) is 13.3. The lowest BCUT2D eigenvalue weighted by Crippen LogP contribution is -2.17. The smallest absolute Gasteiger partial charge is 0.343 e. The number of methoxy groups -OCH3 is 1. The van der Waals surface area contributed by atoms with E-state index in [0.717, 1.165) is 22.5 Å². The van der Waals surface area contributed by atoms with Gasteiger partial charge in [-0.05, 0) is 25.0 Å². The molecule has 2 heterocycles. The van der Waals surface area contributed by atoms with Gasteiger partial charge in [-0.3, -0.25) is 4.79 Å². The fraction of sp³-hybridized carbons (Fsp3) is 0.222. The maximum Gasteiger partial charge on any atom is 0.343 e. The number of hydrogen-bond acceptors (Lipinski definition) is 3. The lowest BCUT2D eigenvalue weighted by molar-refractivity contribution is 0.0599. The van der Waals surface area contributed by atoms with Crippen LogP contribution in [0.4, 0.5) is 0 Å². The van der Waals surface area contributed by atoms with Gasteiger partial charge in [0, 0.05) is 18.4 Å². The minimum absolute atomic E-state index is 0.0277. The quantitative estimate of drug-likeness (QED) is 0.757. The average Bonchev–Trinajstić information content (AvgIpc) is 2.81. The Kier molecular flexibility index (Phi) is 3.78. The first-order valence-corrected chi connectivity index (χ1v) is 7.38. The highest BCUT2D eigenvalue weighted by molar-refractivity contribution is 5.94. The normalized spacial score (nSPS) is 10.9. The summed E-state index contributed by atoms with van der Waals surface area (Å²) in [6.07, 6.45) is 1.43. The first-order valence-electron chi connectivity index (χ1n) is 7.38. The fourth-order valence-corrected chi connectivity index (χ4v) is 2.86. The first kappa shape index (κ1) is 15.1. The van der Waals surface area contributed by atoms with Gasteiger partial charge in [0.25, 0.3) is 0 Å². The molecule has 0 spiro atoms. The summed E-state index contributed by atoms with van der Waals surface area (Å²) in [6, 6.07) is 10.0. The Morgan fingerprint density at radius 3 is 2.57 bits per heavy atom. The van der Waals surface area contributed by atoms with E-state index in [2.05, 4.69) is 14.3 Å². The Morgan fingerprint density at radius 2 is 1.91 bits per heavy atom. The number of esters is 1. The van der Waals surface area contributed by atoms with Crippen LogP contribution in [-0.4, -0.2) is 22.6 Å². The molecule has 1 aromatic carbocycles. The number of fused-ring (bicyclic) bond motifs is 1. The van der Waals surface area contributed by atoms with E-state index in [0.29, 0.717) is 11.9 Å². The molecule has 3 aromatic rings. The predicted molar refractivity (Wildman–Crippen MR) is 88.9 cm³/mol. The molecule has 0 unspecified atom stereocenters. The second kappa shape index (κ2) is 5.76. The zero-order valence-corrected chi connectivity index (χ0v) is 13.3. The van der Waals surface area contributed by atoms with E-state index in [4.69, 9.17) is 0 Å². The highest BCUT2D eigenvalue weighted by Crippen LogP contribution is 2.22. The average molecular weight is 310 g/mol. The summed E-state index contributed by atoms with van der Waals surface area (Å²) in [4.78, 5) is 27.4. The molecule has 3 rings (SSSR count). The second-order valence-corrected chi connectivity index (χ2v) is 5.53. The van der Waals surface area contributed by atoms with Gasteiger partial charge in [0.2, 0.25) is 5.43 Å². The van der Waals surface area contributed by atoms with Gasteiger partial charge < -0.3 is 14.3 Å². The number of ether oxygens (including phenoxy) is 1. The van der Waals surface area contributed by atoms with Crippen LogP contribution < -0.4 is 5.43 Å². The lowest BCUT2D eigenvalue weighted by Gasteiger charge is -2.08. The van der Waals surface area contributed by atoms with Crippen molar-refractivity contribution in [1.29, 1.82) is 0 Å². The molecule has 0 radical (unpaired) electrons. The molecule has 2 aromatic heterocycles. The molecule has 118 valence electrons. The highest BCUT2D eigenvalue weighted by atomic mass is 16.5. The number of aromatic amines is 1. The maximum absolute atomic E-state index is 12.6. The number of carbonyl (C=O) groups is 1. The molecule has 0 amide bonds. The van der Waals surface area contributed by atoms with E-state index in [-0.39, 0.29) is 11.0 Å². The van der Waals surface area contributed by atoms with Crippen LogP contribution in [0.2, 0.25) is 0 Å². The van der Waals surface area contributed by atoms with Gasteiger partial charge in [0.1, 0.15) is 11.2 Å². The van der Waals surface area contributed by atoms with Crippen molar-refractivity contribution >= 4 is 17.0 Å². The molecule has 0 bridgehead atoms. The third-order valence-corrected chi connectivity index (χ3v) is 4.24. The van der Waals surface area contributed by atoms with Crippen LogP contribution in [0.15, 0.2) is 41.3 Å². The third-order valence-electron chi connectivity index (χ3n) is 4.24. The maximum atomic E-state index is 12.6. The molecular weight excluding hydrogens is 292 g/mol. The van der Waals surface area contributed by atoms with Gasteiger partial charge in [0.05, 0.1) is 12.5 Å². The summed E-state index contributed by atoms with van der Waals surface area (Å²) >= 11 is 0. The number of aryl methyl sites for hydroxylation is 1. The molecule has 0 aliphatic rings. The lowest BCUT2D eigenvalue weighted by atomic mass is 10.1. The van der Waals surface area contributed by atoms with Crippen molar-refractivity contribution in [3.63, 3.8) is 0 Å². The van der Waals surface area contributed by atoms with Crippen LogP contribution in [0.5, 0.6) is 0 Å². The Morgan fingerprint density at radius 1 is 1.22 bits per heavy atom. The van der Waals surface area contributed by atoms with Crippen LogP contribution in [0.3, 0.4) is 0 Å². The molecule has 23 heavy (non-hydrogen) atoms. The topological polar surface area (TPSA) is 64.1 Å². The molecule has 0 fully saturated rings. The minimum atomic E-state index is -0.624. The molecule has 5 nitrogen and oxygen atoms in total. The summed E-state index contributed by atoms with van der Waals surface area (Å²) < 4.78 is 6.73. The highest BCUT2D eigenvalue weighted by Gasteiger charge is 2.19. The molecular formula is C18H18N2O3. The van der Waals surface area contributed by atoms with E-state index in [9.17, 15) is 9.59 Å². The summed E-state index contributed by atoms with van der Waals surface area (Å²) in [7, 11) is 1.27. The van der Waals surface area contributed by atoms with Gasteiger partial charge >= 0.3 is 5.97 Å². The summed E-state index contributed by atoms with van der Waals surface area (Å²) in [6.45, 7) is 4.53. The van der Waals surface area contributed by atoms with Crippen molar-refractivity contribution < 1.29 is 9.53 Å². The van der Waals surface area contributed by atoms with E-state index >= 15 is 0 Å². The third kappa shape index (κ3) is 2.44. The monoisotopic (exact) mass is 310 g/mol. The standard InChI is InChI=1S/C18H18N2O3/c1-11-12(2)20(10-13-7-5-4-6-8-13)17-15(11)16(21)14(9-19-17)18(22)23-3/h4-9H,10H2,1-3H3,(H,19,21). The van der Waals surface area contributed by atoms with Crippen molar-refractivity contribution in [2.45, 2.75) is 20.4 Å². The van der Waals surface area contributed by atoms with E-state index in [1.54, 1.807) is 0 Å². The summed E-state index contributed by atoms with van der Waals surface area (Å²) in [5.74, 6) is -0.624. The van der Waals surface area contributed by atoms with Crippen molar-refractivity contribution in [3.05, 3.63) is 69.1 Å². The fourth-order valence-electron chi connectivity index (χ4n) is 2.86. The number of rotatable bonds is 3. The van der Waals surface area contributed by atoms with Crippen molar-refractivity contribution in [2.24, 2.45) is 0 Å². The minimum Gasteiger partial charge on any atom is -0.465 e. The Labute approximate surface area is 133 Å². The molecule has 5 heteroatoms. The van der Waals surface area contributed by atoms with Gasteiger partial charge in [0.15, 0.2) is 0 Å².